The zero-order valence-corrected chi connectivity index (χ0v) is 16.0. The van der Waals surface area contributed by atoms with E-state index in [1.807, 2.05) is 4.90 Å². The van der Waals surface area contributed by atoms with Gasteiger partial charge in [0.2, 0.25) is 5.91 Å². The molecule has 1 N–H and O–H groups in total. The Labute approximate surface area is 160 Å². The lowest BCUT2D eigenvalue weighted by molar-refractivity contribution is -0.127. The summed E-state index contributed by atoms with van der Waals surface area (Å²) < 4.78 is 4.99. The summed E-state index contributed by atoms with van der Waals surface area (Å²) in [6, 6.07) is 0.436. The van der Waals surface area contributed by atoms with Gasteiger partial charge in [-0.25, -0.2) is 4.98 Å². The van der Waals surface area contributed by atoms with Gasteiger partial charge in [-0.2, -0.15) is 0 Å². The third kappa shape index (κ3) is 5.23. The summed E-state index contributed by atoms with van der Waals surface area (Å²) in [6.45, 7) is 4.39. The van der Waals surface area contributed by atoms with Gasteiger partial charge in [0.15, 0.2) is 0 Å². The van der Waals surface area contributed by atoms with Crippen LogP contribution < -0.4 is 5.32 Å². The van der Waals surface area contributed by atoms with Crippen molar-refractivity contribution in [1.29, 1.82) is 0 Å². The molecule has 0 aliphatic carbocycles. The normalized spacial score (nSPS) is 21.8. The van der Waals surface area contributed by atoms with E-state index in [0.29, 0.717) is 24.9 Å². The lowest BCUT2D eigenvalue weighted by Crippen LogP contribution is -2.51. The fraction of sp³-hybridized carbons (Fsp3) is 0.684. The highest BCUT2D eigenvalue weighted by Gasteiger charge is 2.32. The second-order valence-corrected chi connectivity index (χ2v) is 7.23. The first-order chi connectivity index (χ1) is 13.2. The van der Waals surface area contributed by atoms with Crippen LogP contribution >= 0.6 is 0 Å². The Morgan fingerprint density at radius 3 is 2.74 bits per heavy atom. The standard InChI is InChI=1S/C19H29N5O3/c1-27-12-8-22-18(25)15-3-2-9-24(14-15)16-4-10-23(11-5-16)19(26)17-13-20-6-7-21-17/h6-7,13,15-16H,2-5,8-12,14H2,1H3,(H,22,25)/t15-/m0/s1. The third-order valence-electron chi connectivity index (χ3n) is 5.48. The van der Waals surface area contributed by atoms with Gasteiger partial charge in [-0.3, -0.25) is 19.5 Å². The third-order valence-corrected chi connectivity index (χ3v) is 5.48. The van der Waals surface area contributed by atoms with Crippen molar-refractivity contribution in [2.45, 2.75) is 31.7 Å². The summed E-state index contributed by atoms with van der Waals surface area (Å²) in [4.78, 5) is 37.2. The van der Waals surface area contributed by atoms with E-state index in [1.54, 1.807) is 19.5 Å². The van der Waals surface area contributed by atoms with Crippen molar-refractivity contribution in [2.24, 2.45) is 5.92 Å². The molecule has 0 unspecified atom stereocenters. The molecule has 3 heterocycles. The van der Waals surface area contributed by atoms with Crippen LogP contribution in [0.3, 0.4) is 0 Å². The molecule has 0 radical (unpaired) electrons. The molecule has 1 aromatic heterocycles. The molecule has 0 bridgehead atoms. The van der Waals surface area contributed by atoms with Gasteiger partial charge >= 0.3 is 0 Å². The second-order valence-electron chi connectivity index (χ2n) is 7.23. The van der Waals surface area contributed by atoms with Crippen LogP contribution in [0.2, 0.25) is 0 Å². The highest BCUT2D eigenvalue weighted by atomic mass is 16.5. The summed E-state index contributed by atoms with van der Waals surface area (Å²) in [6.07, 6.45) is 8.49. The Kier molecular flexibility index (Phi) is 7.11. The first kappa shape index (κ1) is 19.7. The summed E-state index contributed by atoms with van der Waals surface area (Å²) in [7, 11) is 1.63. The van der Waals surface area contributed by atoms with Gasteiger partial charge in [-0.05, 0) is 32.2 Å². The Hall–Kier alpha value is -2.06. The Morgan fingerprint density at radius 2 is 2.04 bits per heavy atom. The van der Waals surface area contributed by atoms with Crippen molar-refractivity contribution in [1.82, 2.24) is 25.1 Å². The molecule has 2 aliphatic heterocycles. The summed E-state index contributed by atoms with van der Waals surface area (Å²) in [5.74, 6) is 0.137. The minimum atomic E-state index is -0.0457. The fourth-order valence-corrected chi connectivity index (χ4v) is 3.98. The van der Waals surface area contributed by atoms with Crippen molar-refractivity contribution in [3.05, 3.63) is 24.3 Å². The number of hydrogen-bond acceptors (Lipinski definition) is 6. The molecule has 8 heteroatoms. The first-order valence-corrected chi connectivity index (χ1v) is 9.75. The molecule has 27 heavy (non-hydrogen) atoms. The quantitative estimate of drug-likeness (QED) is 0.731. The monoisotopic (exact) mass is 375 g/mol. The number of carbonyl (C=O) groups excluding carboxylic acids is 2. The molecule has 3 rings (SSSR count). The minimum Gasteiger partial charge on any atom is -0.383 e. The van der Waals surface area contributed by atoms with Gasteiger partial charge in [0, 0.05) is 51.7 Å². The van der Waals surface area contributed by atoms with Crippen LogP contribution in [-0.2, 0) is 9.53 Å². The summed E-state index contributed by atoms with van der Waals surface area (Å²) in [5.41, 5.74) is 0.404. The number of likely N-dealkylation sites (tertiary alicyclic amines) is 2. The van der Waals surface area contributed by atoms with Crippen LogP contribution in [0.15, 0.2) is 18.6 Å². The highest BCUT2D eigenvalue weighted by molar-refractivity contribution is 5.92. The number of nitrogens with zero attached hydrogens (tertiary/aromatic N) is 4. The van der Waals surface area contributed by atoms with Crippen molar-refractivity contribution < 1.29 is 14.3 Å². The van der Waals surface area contributed by atoms with Crippen molar-refractivity contribution in [3.63, 3.8) is 0 Å². The van der Waals surface area contributed by atoms with Crippen LogP contribution in [-0.4, -0.2) is 84.1 Å². The maximum absolute atomic E-state index is 12.5. The second kappa shape index (κ2) is 9.75. The van der Waals surface area contributed by atoms with Gasteiger partial charge < -0.3 is 15.0 Å². The number of methoxy groups -OCH3 is 1. The number of amides is 2. The molecule has 0 spiro atoms. The fourth-order valence-electron chi connectivity index (χ4n) is 3.98. The van der Waals surface area contributed by atoms with Gasteiger partial charge in [0.25, 0.3) is 5.91 Å². The van der Waals surface area contributed by atoms with Gasteiger partial charge in [-0.1, -0.05) is 0 Å². The molecule has 2 saturated heterocycles. The number of nitrogens with one attached hydrogen (secondary N) is 1. The lowest BCUT2D eigenvalue weighted by atomic mass is 9.93. The van der Waals surface area contributed by atoms with E-state index in [9.17, 15) is 9.59 Å². The lowest BCUT2D eigenvalue weighted by Gasteiger charge is -2.42. The van der Waals surface area contributed by atoms with E-state index >= 15 is 0 Å². The average Bonchev–Trinajstić information content (AvgIpc) is 2.74. The predicted octanol–water partition coefficient (Wildman–Crippen LogP) is 0.556. The Bertz CT molecular complexity index is 619. The molecule has 8 nitrogen and oxygen atoms in total. The smallest absolute Gasteiger partial charge is 0.274 e. The Morgan fingerprint density at radius 1 is 1.22 bits per heavy atom. The van der Waals surface area contributed by atoms with E-state index in [2.05, 4.69) is 20.2 Å². The number of ether oxygens (including phenoxy) is 1. The average molecular weight is 375 g/mol. The summed E-state index contributed by atoms with van der Waals surface area (Å²) in [5, 5.41) is 2.96. The molecule has 2 fully saturated rings. The van der Waals surface area contributed by atoms with E-state index < -0.39 is 0 Å². The predicted molar refractivity (Wildman–Crippen MR) is 100 cm³/mol. The highest BCUT2D eigenvalue weighted by Crippen LogP contribution is 2.24. The zero-order valence-electron chi connectivity index (χ0n) is 16.0. The number of carbonyl (C=O) groups is 2. The van der Waals surface area contributed by atoms with Gasteiger partial charge in [0.1, 0.15) is 5.69 Å². The number of hydrogen-bond donors (Lipinski definition) is 1. The number of rotatable bonds is 6. The SMILES string of the molecule is COCCNC(=O)[C@H]1CCCN(C2CCN(C(=O)c3cnccn3)CC2)C1. The molecular formula is C19H29N5O3. The van der Waals surface area contributed by atoms with Crippen molar-refractivity contribution in [2.75, 3.05) is 46.4 Å². The maximum atomic E-state index is 12.5. The summed E-state index contributed by atoms with van der Waals surface area (Å²) >= 11 is 0. The first-order valence-electron chi connectivity index (χ1n) is 9.75. The van der Waals surface area contributed by atoms with E-state index in [0.717, 1.165) is 51.9 Å². The molecule has 2 amide bonds. The molecular weight excluding hydrogens is 346 g/mol. The van der Waals surface area contributed by atoms with Crippen LogP contribution in [0.25, 0.3) is 0 Å². The largest absolute Gasteiger partial charge is 0.383 e. The van der Waals surface area contributed by atoms with Crippen LogP contribution in [0, 0.1) is 5.92 Å². The molecule has 1 atom stereocenters. The molecule has 148 valence electrons. The number of piperidine rings is 2. The topological polar surface area (TPSA) is 87.7 Å². The van der Waals surface area contributed by atoms with E-state index in [1.165, 1.54) is 6.20 Å². The minimum absolute atomic E-state index is 0.0457. The van der Waals surface area contributed by atoms with Gasteiger partial charge in [0.05, 0.1) is 18.7 Å². The molecule has 0 aromatic carbocycles. The van der Waals surface area contributed by atoms with E-state index in [-0.39, 0.29) is 17.7 Å². The van der Waals surface area contributed by atoms with E-state index in [4.69, 9.17) is 4.74 Å². The molecule has 1 aromatic rings. The Balaban J connectivity index is 1.47. The molecule has 0 saturated carbocycles. The maximum Gasteiger partial charge on any atom is 0.274 e. The van der Waals surface area contributed by atoms with Crippen LogP contribution in [0.1, 0.15) is 36.2 Å². The van der Waals surface area contributed by atoms with Crippen molar-refractivity contribution >= 4 is 11.8 Å². The van der Waals surface area contributed by atoms with Gasteiger partial charge in [-0.15, -0.1) is 0 Å². The van der Waals surface area contributed by atoms with Crippen LogP contribution in [0.5, 0.6) is 0 Å². The van der Waals surface area contributed by atoms with Crippen molar-refractivity contribution in [3.8, 4) is 0 Å². The zero-order chi connectivity index (χ0) is 19.1. The number of aromatic nitrogens is 2. The van der Waals surface area contributed by atoms with Crippen LogP contribution in [0.4, 0.5) is 0 Å². The molecule has 2 aliphatic rings.